The van der Waals surface area contributed by atoms with E-state index in [1.807, 2.05) is 30.3 Å². The van der Waals surface area contributed by atoms with Crippen molar-refractivity contribution in [2.45, 2.75) is 33.1 Å². The molecule has 0 saturated heterocycles. The summed E-state index contributed by atoms with van der Waals surface area (Å²) in [5.41, 5.74) is 1.45. The molecule has 26 heavy (non-hydrogen) atoms. The summed E-state index contributed by atoms with van der Waals surface area (Å²) in [6, 6.07) is 11.4. The van der Waals surface area contributed by atoms with Crippen molar-refractivity contribution in [3.05, 3.63) is 47.7 Å². The molecule has 6 heteroatoms. The fourth-order valence-electron chi connectivity index (χ4n) is 2.73. The maximum absolute atomic E-state index is 12.2. The number of methoxy groups -OCH3 is 1. The summed E-state index contributed by atoms with van der Waals surface area (Å²) in [6.07, 6.45) is 2.83. The summed E-state index contributed by atoms with van der Waals surface area (Å²) < 4.78 is 5.21. The molecule has 0 bridgehead atoms. The highest BCUT2D eigenvalue weighted by atomic mass is 16.5. The Bertz CT molecular complexity index is 682. The van der Waals surface area contributed by atoms with Crippen LogP contribution in [0.15, 0.2) is 36.4 Å². The minimum absolute atomic E-state index is 0.204. The van der Waals surface area contributed by atoms with Crippen LogP contribution in [0.5, 0.6) is 5.75 Å². The van der Waals surface area contributed by atoms with Crippen molar-refractivity contribution < 1.29 is 9.53 Å². The zero-order valence-electron chi connectivity index (χ0n) is 15.9. The molecular weight excluding hydrogens is 328 g/mol. The molecule has 0 unspecified atom stereocenters. The van der Waals surface area contributed by atoms with E-state index in [4.69, 9.17) is 4.74 Å². The first kappa shape index (κ1) is 19.7. The topological polar surface area (TPSA) is 67.4 Å². The molecule has 0 spiro atoms. The van der Waals surface area contributed by atoms with Crippen LogP contribution >= 0.6 is 0 Å². The first-order chi connectivity index (χ1) is 12.7. The maximum atomic E-state index is 12.2. The highest BCUT2D eigenvalue weighted by molar-refractivity contribution is 5.92. The summed E-state index contributed by atoms with van der Waals surface area (Å²) in [5.74, 6) is 1.44. The van der Waals surface area contributed by atoms with Crippen LogP contribution in [0, 0.1) is 0 Å². The Hall–Kier alpha value is -2.63. The quantitative estimate of drug-likeness (QED) is 0.708. The molecule has 0 aliphatic rings. The Morgan fingerprint density at radius 2 is 1.88 bits per heavy atom. The molecule has 0 fully saturated rings. The number of carbonyl (C=O) groups is 1. The maximum Gasteiger partial charge on any atom is 0.271 e. The van der Waals surface area contributed by atoms with E-state index in [-0.39, 0.29) is 5.91 Å². The van der Waals surface area contributed by atoms with E-state index in [1.165, 1.54) is 0 Å². The predicted molar refractivity (Wildman–Crippen MR) is 104 cm³/mol. The second-order valence-electron chi connectivity index (χ2n) is 6.12. The molecule has 2 aromatic rings. The lowest BCUT2D eigenvalue weighted by Gasteiger charge is -2.21. The van der Waals surface area contributed by atoms with Gasteiger partial charge in [0.2, 0.25) is 0 Å². The molecule has 1 amide bonds. The standard InChI is InChI=1S/C20H28N4O2/c1-4-13-24(14-5-2)19-10-9-18(22-23-19)20(25)21-12-11-16-7-6-8-17(15-16)26-3/h6-10,15H,4-5,11-14H2,1-3H3,(H,21,25). The average molecular weight is 356 g/mol. The molecule has 0 saturated carbocycles. The van der Waals surface area contributed by atoms with Crippen molar-refractivity contribution in [3.8, 4) is 5.75 Å². The minimum atomic E-state index is -0.204. The van der Waals surface area contributed by atoms with E-state index in [0.29, 0.717) is 12.2 Å². The van der Waals surface area contributed by atoms with Gasteiger partial charge in [0.1, 0.15) is 5.75 Å². The van der Waals surface area contributed by atoms with Crippen molar-refractivity contribution in [2.75, 3.05) is 31.6 Å². The summed E-state index contributed by atoms with van der Waals surface area (Å²) in [4.78, 5) is 14.4. The lowest BCUT2D eigenvalue weighted by atomic mass is 10.1. The van der Waals surface area contributed by atoms with Gasteiger partial charge in [-0.15, -0.1) is 10.2 Å². The van der Waals surface area contributed by atoms with E-state index in [9.17, 15) is 4.79 Å². The molecular formula is C20H28N4O2. The number of carbonyl (C=O) groups excluding carboxylic acids is 1. The van der Waals surface area contributed by atoms with Crippen LogP contribution in [-0.4, -0.2) is 42.8 Å². The lowest BCUT2D eigenvalue weighted by molar-refractivity contribution is 0.0948. The summed E-state index contributed by atoms with van der Waals surface area (Å²) in [7, 11) is 1.64. The Kier molecular flexibility index (Phi) is 7.86. The normalized spacial score (nSPS) is 10.4. The lowest BCUT2D eigenvalue weighted by Crippen LogP contribution is -2.28. The number of benzene rings is 1. The van der Waals surface area contributed by atoms with Gasteiger partial charge in [-0.1, -0.05) is 26.0 Å². The molecule has 1 N–H and O–H groups in total. The molecule has 1 aromatic carbocycles. The van der Waals surface area contributed by atoms with Gasteiger partial charge in [0.15, 0.2) is 11.5 Å². The third-order valence-corrected chi connectivity index (χ3v) is 4.03. The number of anilines is 1. The average Bonchev–Trinajstić information content (AvgIpc) is 2.68. The predicted octanol–water partition coefficient (Wildman–Crippen LogP) is 3.08. The van der Waals surface area contributed by atoms with Gasteiger partial charge in [-0.05, 0) is 49.1 Å². The zero-order chi connectivity index (χ0) is 18.8. The molecule has 0 atom stereocenters. The third-order valence-electron chi connectivity index (χ3n) is 4.03. The largest absolute Gasteiger partial charge is 0.497 e. The summed E-state index contributed by atoms with van der Waals surface area (Å²) >= 11 is 0. The van der Waals surface area contributed by atoms with Gasteiger partial charge in [-0.2, -0.15) is 0 Å². The van der Waals surface area contributed by atoms with Gasteiger partial charge in [0.05, 0.1) is 7.11 Å². The number of amides is 1. The molecule has 1 aromatic heterocycles. The first-order valence-corrected chi connectivity index (χ1v) is 9.17. The van der Waals surface area contributed by atoms with Gasteiger partial charge < -0.3 is 15.0 Å². The number of hydrogen-bond acceptors (Lipinski definition) is 5. The van der Waals surface area contributed by atoms with Gasteiger partial charge in [0.25, 0.3) is 5.91 Å². The number of nitrogens with zero attached hydrogens (tertiary/aromatic N) is 3. The van der Waals surface area contributed by atoms with Crippen LogP contribution in [0.25, 0.3) is 0 Å². The summed E-state index contributed by atoms with van der Waals surface area (Å²) in [6.45, 7) is 6.69. The minimum Gasteiger partial charge on any atom is -0.497 e. The Morgan fingerprint density at radius 3 is 2.50 bits per heavy atom. The highest BCUT2D eigenvalue weighted by Gasteiger charge is 2.11. The molecule has 0 aliphatic carbocycles. The molecule has 0 aliphatic heterocycles. The third kappa shape index (κ3) is 5.72. The van der Waals surface area contributed by atoms with E-state index in [2.05, 4.69) is 34.3 Å². The SMILES string of the molecule is CCCN(CCC)c1ccc(C(=O)NCCc2cccc(OC)c2)nn1. The van der Waals surface area contributed by atoms with Crippen LogP contribution in [0.2, 0.25) is 0 Å². The van der Waals surface area contributed by atoms with E-state index in [0.717, 1.165) is 49.5 Å². The van der Waals surface area contributed by atoms with Crippen LogP contribution in [0.3, 0.4) is 0 Å². The molecule has 2 rings (SSSR count). The van der Waals surface area contributed by atoms with Crippen molar-refractivity contribution >= 4 is 11.7 Å². The Morgan fingerprint density at radius 1 is 1.12 bits per heavy atom. The molecule has 6 nitrogen and oxygen atoms in total. The van der Waals surface area contributed by atoms with Crippen LogP contribution in [-0.2, 0) is 6.42 Å². The van der Waals surface area contributed by atoms with Gasteiger partial charge >= 0.3 is 0 Å². The van der Waals surface area contributed by atoms with Gasteiger partial charge in [0, 0.05) is 19.6 Å². The van der Waals surface area contributed by atoms with Crippen LogP contribution < -0.4 is 15.0 Å². The number of ether oxygens (including phenoxy) is 1. The smallest absolute Gasteiger partial charge is 0.271 e. The van der Waals surface area contributed by atoms with E-state index >= 15 is 0 Å². The molecule has 0 radical (unpaired) electrons. The van der Waals surface area contributed by atoms with Crippen molar-refractivity contribution in [3.63, 3.8) is 0 Å². The molecule has 1 heterocycles. The van der Waals surface area contributed by atoms with Crippen molar-refractivity contribution in [1.82, 2.24) is 15.5 Å². The number of nitrogens with one attached hydrogen (secondary N) is 1. The second-order valence-corrected chi connectivity index (χ2v) is 6.12. The van der Waals surface area contributed by atoms with E-state index in [1.54, 1.807) is 13.2 Å². The second kappa shape index (κ2) is 10.4. The number of hydrogen-bond donors (Lipinski definition) is 1. The number of rotatable bonds is 10. The fourth-order valence-corrected chi connectivity index (χ4v) is 2.73. The van der Waals surface area contributed by atoms with Gasteiger partial charge in [-0.3, -0.25) is 4.79 Å². The zero-order valence-corrected chi connectivity index (χ0v) is 15.9. The summed E-state index contributed by atoms with van der Waals surface area (Å²) in [5, 5.41) is 11.2. The van der Waals surface area contributed by atoms with Crippen molar-refractivity contribution in [1.29, 1.82) is 0 Å². The van der Waals surface area contributed by atoms with Gasteiger partial charge in [-0.25, -0.2) is 0 Å². The van der Waals surface area contributed by atoms with E-state index < -0.39 is 0 Å². The molecule has 140 valence electrons. The Balaban J connectivity index is 1.88. The first-order valence-electron chi connectivity index (χ1n) is 9.17. The van der Waals surface area contributed by atoms with Crippen LogP contribution in [0.1, 0.15) is 42.7 Å². The fraction of sp³-hybridized carbons (Fsp3) is 0.450. The highest BCUT2D eigenvalue weighted by Crippen LogP contribution is 2.13. The number of aromatic nitrogens is 2. The van der Waals surface area contributed by atoms with Crippen molar-refractivity contribution in [2.24, 2.45) is 0 Å². The Labute approximate surface area is 155 Å². The monoisotopic (exact) mass is 356 g/mol. The van der Waals surface area contributed by atoms with Crippen LogP contribution in [0.4, 0.5) is 5.82 Å².